The van der Waals surface area contributed by atoms with Crippen LogP contribution in [0.3, 0.4) is 0 Å². The molecule has 0 spiro atoms. The van der Waals surface area contributed by atoms with E-state index in [9.17, 15) is 4.79 Å². The van der Waals surface area contributed by atoms with Gasteiger partial charge in [-0.25, -0.2) is 4.98 Å². The van der Waals surface area contributed by atoms with Gasteiger partial charge >= 0.3 is 5.97 Å². The number of nitrogens with one attached hydrogen (secondary N) is 1. The second kappa shape index (κ2) is 5.82. The van der Waals surface area contributed by atoms with Gasteiger partial charge in [-0.1, -0.05) is 6.07 Å². The summed E-state index contributed by atoms with van der Waals surface area (Å²) in [5, 5.41) is 3.04. The van der Waals surface area contributed by atoms with Gasteiger partial charge in [-0.2, -0.15) is 0 Å². The predicted octanol–water partition coefficient (Wildman–Crippen LogP) is 1.66. The number of rotatable bonds is 4. The quantitative estimate of drug-likeness (QED) is 0.796. The number of esters is 1. The van der Waals surface area contributed by atoms with Crippen molar-refractivity contribution in [3.63, 3.8) is 0 Å². The highest BCUT2D eigenvalue weighted by Crippen LogP contribution is 2.18. The number of nitrogen functional groups attached to an aromatic ring is 1. The molecule has 18 heavy (non-hydrogen) atoms. The molecule has 1 aromatic rings. The van der Waals surface area contributed by atoms with E-state index in [-0.39, 0.29) is 18.4 Å². The number of carbonyl (C=O) groups is 1. The molecule has 1 rings (SSSR count). The Kier molecular flexibility index (Phi) is 4.67. The van der Waals surface area contributed by atoms with E-state index in [1.807, 2.05) is 32.9 Å². The van der Waals surface area contributed by atoms with Crippen molar-refractivity contribution < 1.29 is 9.53 Å². The second-order valence-corrected chi connectivity index (χ2v) is 5.12. The van der Waals surface area contributed by atoms with Crippen molar-refractivity contribution in [1.82, 2.24) is 10.3 Å². The lowest BCUT2D eigenvalue weighted by Crippen LogP contribution is -2.28. The van der Waals surface area contributed by atoms with E-state index in [1.165, 1.54) is 0 Å². The molecule has 0 fully saturated rings. The lowest BCUT2D eigenvalue weighted by molar-refractivity contribution is -0.155. The van der Waals surface area contributed by atoms with E-state index >= 15 is 0 Å². The third kappa shape index (κ3) is 4.71. The molecule has 0 saturated heterocycles. The molecule has 1 aromatic heterocycles. The maximum Gasteiger partial charge on any atom is 0.308 e. The molecule has 3 N–H and O–H groups in total. The minimum Gasteiger partial charge on any atom is -0.460 e. The minimum absolute atomic E-state index is 0.191. The van der Waals surface area contributed by atoms with Gasteiger partial charge in [0.1, 0.15) is 11.4 Å². The molecule has 100 valence electrons. The van der Waals surface area contributed by atoms with Crippen LogP contribution in [0, 0.1) is 0 Å². The molecule has 5 heteroatoms. The van der Waals surface area contributed by atoms with Gasteiger partial charge in [0.05, 0.1) is 18.2 Å². The van der Waals surface area contributed by atoms with E-state index in [1.54, 1.807) is 13.1 Å². The Morgan fingerprint density at radius 1 is 1.50 bits per heavy atom. The molecule has 0 amide bonds. The normalized spacial score (nSPS) is 13.1. The summed E-state index contributed by atoms with van der Waals surface area (Å²) >= 11 is 0. The summed E-state index contributed by atoms with van der Waals surface area (Å²) in [5.74, 6) is 0.183. The lowest BCUT2D eigenvalue weighted by atomic mass is 10.1. The average Bonchev–Trinajstić information content (AvgIpc) is 2.23. The Hall–Kier alpha value is -1.62. The highest BCUT2D eigenvalue weighted by atomic mass is 16.6. The van der Waals surface area contributed by atoms with Crippen molar-refractivity contribution in [2.75, 3.05) is 12.8 Å². The van der Waals surface area contributed by atoms with Crippen LogP contribution < -0.4 is 11.1 Å². The van der Waals surface area contributed by atoms with Crippen molar-refractivity contribution >= 4 is 11.8 Å². The number of carbonyl (C=O) groups excluding carboxylic acids is 1. The highest BCUT2D eigenvalue weighted by Gasteiger charge is 2.21. The fourth-order valence-corrected chi connectivity index (χ4v) is 1.57. The lowest BCUT2D eigenvalue weighted by Gasteiger charge is -2.22. The van der Waals surface area contributed by atoms with Gasteiger partial charge in [0, 0.05) is 0 Å². The monoisotopic (exact) mass is 251 g/mol. The van der Waals surface area contributed by atoms with E-state index in [0.717, 1.165) is 5.69 Å². The van der Waals surface area contributed by atoms with E-state index < -0.39 is 5.60 Å². The van der Waals surface area contributed by atoms with E-state index in [2.05, 4.69) is 10.3 Å². The van der Waals surface area contributed by atoms with E-state index in [0.29, 0.717) is 5.82 Å². The summed E-state index contributed by atoms with van der Waals surface area (Å²) < 4.78 is 5.28. The summed E-state index contributed by atoms with van der Waals surface area (Å²) in [6.45, 7) is 5.54. The topological polar surface area (TPSA) is 77.2 Å². The number of hydrogen-bond acceptors (Lipinski definition) is 5. The third-order valence-electron chi connectivity index (χ3n) is 2.29. The third-order valence-corrected chi connectivity index (χ3v) is 2.29. The van der Waals surface area contributed by atoms with Gasteiger partial charge < -0.3 is 15.8 Å². The number of aromatic nitrogens is 1. The van der Waals surface area contributed by atoms with E-state index in [4.69, 9.17) is 10.5 Å². The second-order valence-electron chi connectivity index (χ2n) is 5.12. The number of anilines is 1. The van der Waals surface area contributed by atoms with Gasteiger partial charge in [-0.15, -0.1) is 0 Å². The molecule has 1 heterocycles. The standard InChI is InChI=1S/C13H21N3O2/c1-13(2,3)18-12(17)8-10(15-4)9-6-5-7-11(14)16-9/h5-7,10,15H,8H2,1-4H3,(H2,14,16). The zero-order valence-corrected chi connectivity index (χ0v) is 11.4. The predicted molar refractivity (Wildman–Crippen MR) is 70.9 cm³/mol. The van der Waals surface area contributed by atoms with Crippen molar-refractivity contribution in [3.05, 3.63) is 23.9 Å². The van der Waals surface area contributed by atoms with Crippen molar-refractivity contribution in [3.8, 4) is 0 Å². The summed E-state index contributed by atoms with van der Waals surface area (Å²) in [6, 6.07) is 5.17. The highest BCUT2D eigenvalue weighted by molar-refractivity contribution is 5.70. The number of pyridine rings is 1. The fraction of sp³-hybridized carbons (Fsp3) is 0.538. The minimum atomic E-state index is -0.474. The largest absolute Gasteiger partial charge is 0.460 e. The van der Waals surface area contributed by atoms with Crippen LogP contribution in [0.2, 0.25) is 0 Å². The first-order chi connectivity index (χ1) is 8.31. The number of hydrogen-bond donors (Lipinski definition) is 2. The molecule has 1 unspecified atom stereocenters. The van der Waals surface area contributed by atoms with Crippen LogP contribution in [-0.2, 0) is 9.53 Å². The Balaban J connectivity index is 2.71. The van der Waals surface area contributed by atoms with Crippen LogP contribution >= 0.6 is 0 Å². The Labute approximate surface area is 108 Å². The van der Waals surface area contributed by atoms with Gasteiger partial charge in [0.2, 0.25) is 0 Å². The molecule has 0 aliphatic carbocycles. The molecular weight excluding hydrogens is 230 g/mol. The van der Waals surface area contributed by atoms with Crippen LogP contribution in [-0.4, -0.2) is 23.6 Å². The summed E-state index contributed by atoms with van der Waals surface area (Å²) in [6.07, 6.45) is 0.226. The van der Waals surface area contributed by atoms with Gasteiger partial charge in [-0.3, -0.25) is 4.79 Å². The fourth-order valence-electron chi connectivity index (χ4n) is 1.57. The Morgan fingerprint density at radius 2 is 2.17 bits per heavy atom. The van der Waals surface area contributed by atoms with Crippen molar-refractivity contribution in [2.45, 2.75) is 38.8 Å². The molecule has 0 bridgehead atoms. The molecule has 0 saturated carbocycles. The van der Waals surface area contributed by atoms with Crippen LogP contribution in [0.25, 0.3) is 0 Å². The van der Waals surface area contributed by atoms with Gasteiger partial charge in [0.25, 0.3) is 0 Å². The first-order valence-corrected chi connectivity index (χ1v) is 5.93. The Bertz CT molecular complexity index is 413. The summed E-state index contributed by atoms with van der Waals surface area (Å²) in [7, 11) is 1.78. The Morgan fingerprint density at radius 3 is 2.67 bits per heavy atom. The average molecular weight is 251 g/mol. The van der Waals surface area contributed by atoms with Crippen molar-refractivity contribution in [2.24, 2.45) is 0 Å². The molecule has 1 atom stereocenters. The zero-order chi connectivity index (χ0) is 13.8. The molecule has 0 aliphatic heterocycles. The molecule has 0 radical (unpaired) electrons. The SMILES string of the molecule is CNC(CC(=O)OC(C)(C)C)c1cccc(N)n1. The molecular formula is C13H21N3O2. The van der Waals surface area contributed by atoms with Crippen molar-refractivity contribution in [1.29, 1.82) is 0 Å². The van der Waals surface area contributed by atoms with Gasteiger partial charge in [0.15, 0.2) is 0 Å². The number of ether oxygens (including phenoxy) is 1. The van der Waals surface area contributed by atoms with Crippen LogP contribution in [0.4, 0.5) is 5.82 Å². The molecule has 0 aliphatic rings. The molecule has 5 nitrogen and oxygen atoms in total. The maximum atomic E-state index is 11.8. The number of nitrogens with two attached hydrogens (primary N) is 1. The molecule has 0 aromatic carbocycles. The zero-order valence-electron chi connectivity index (χ0n) is 11.4. The maximum absolute atomic E-state index is 11.8. The first-order valence-electron chi connectivity index (χ1n) is 5.93. The first kappa shape index (κ1) is 14.4. The summed E-state index contributed by atoms with van der Waals surface area (Å²) in [4.78, 5) is 16.0. The van der Waals surface area contributed by atoms with Crippen LogP contribution in [0.5, 0.6) is 0 Å². The van der Waals surface area contributed by atoms with Gasteiger partial charge in [-0.05, 0) is 40.0 Å². The summed E-state index contributed by atoms with van der Waals surface area (Å²) in [5.41, 5.74) is 5.89. The van der Waals surface area contributed by atoms with Crippen LogP contribution in [0.1, 0.15) is 38.9 Å². The van der Waals surface area contributed by atoms with Crippen LogP contribution in [0.15, 0.2) is 18.2 Å². The smallest absolute Gasteiger partial charge is 0.308 e. The number of nitrogens with zero attached hydrogens (tertiary/aromatic N) is 1.